The first kappa shape index (κ1) is 24.6. The summed E-state index contributed by atoms with van der Waals surface area (Å²) in [4.78, 5) is 18.2. The van der Waals surface area contributed by atoms with Gasteiger partial charge in [-0.25, -0.2) is 4.98 Å². The molecule has 1 saturated heterocycles. The van der Waals surface area contributed by atoms with Crippen LogP contribution in [0.1, 0.15) is 40.7 Å². The van der Waals surface area contributed by atoms with Crippen LogP contribution in [0.3, 0.4) is 0 Å². The van der Waals surface area contributed by atoms with E-state index < -0.39 is 5.78 Å². The summed E-state index contributed by atoms with van der Waals surface area (Å²) in [5.74, 6) is 0.731. The molecule has 0 bridgehead atoms. The van der Waals surface area contributed by atoms with Crippen LogP contribution < -0.4 is 9.47 Å². The standard InChI is InChI=1S/C22H27N3O5.ClH/c1-29-21-10-16(5-6-18(21)14-26)13-25-9-3-2-4-19(25)15-30-22-8-7-17(11-23-22)20(27)12-24-28;/h5-8,10-12,19,26,28H,2-4,9,13-15H2,1H3;1H/b24-12+;. The van der Waals surface area contributed by atoms with Gasteiger partial charge in [0.1, 0.15) is 18.6 Å². The van der Waals surface area contributed by atoms with Crippen LogP contribution >= 0.6 is 12.4 Å². The number of rotatable bonds is 9. The van der Waals surface area contributed by atoms with Gasteiger partial charge in [-0.05, 0) is 37.1 Å². The number of Topliss-reactive ketones (excluding diaryl/α,β-unsaturated/α-hetero) is 1. The number of carbonyl (C=O) groups is 1. The minimum Gasteiger partial charge on any atom is -0.496 e. The number of nitrogens with zero attached hydrogens (tertiary/aromatic N) is 3. The second-order valence-electron chi connectivity index (χ2n) is 7.23. The Morgan fingerprint density at radius 3 is 2.84 bits per heavy atom. The van der Waals surface area contributed by atoms with Gasteiger partial charge in [-0.1, -0.05) is 23.7 Å². The maximum Gasteiger partial charge on any atom is 0.213 e. The van der Waals surface area contributed by atoms with E-state index in [0.29, 0.717) is 23.8 Å². The number of likely N-dealkylation sites (tertiary alicyclic amines) is 1. The molecule has 1 aromatic heterocycles. The van der Waals surface area contributed by atoms with E-state index in [9.17, 15) is 9.90 Å². The van der Waals surface area contributed by atoms with Gasteiger partial charge in [0.15, 0.2) is 0 Å². The molecule has 0 saturated carbocycles. The van der Waals surface area contributed by atoms with Gasteiger partial charge < -0.3 is 19.8 Å². The molecular weight excluding hydrogens is 422 g/mol. The van der Waals surface area contributed by atoms with E-state index >= 15 is 0 Å². The summed E-state index contributed by atoms with van der Waals surface area (Å²) in [5.41, 5.74) is 2.24. The van der Waals surface area contributed by atoms with Crippen molar-refractivity contribution in [2.45, 2.75) is 38.5 Å². The lowest BCUT2D eigenvalue weighted by Crippen LogP contribution is -2.42. The van der Waals surface area contributed by atoms with Crippen molar-refractivity contribution in [3.63, 3.8) is 0 Å². The maximum atomic E-state index is 11.6. The van der Waals surface area contributed by atoms with Crippen LogP contribution in [0.2, 0.25) is 0 Å². The molecule has 2 aromatic rings. The minimum absolute atomic E-state index is 0. The van der Waals surface area contributed by atoms with Gasteiger partial charge in [0, 0.05) is 36.0 Å². The maximum absolute atomic E-state index is 11.6. The lowest BCUT2D eigenvalue weighted by atomic mass is 10.0. The Labute approximate surface area is 187 Å². The number of ketones is 1. The molecular formula is C22H28ClN3O5. The predicted molar refractivity (Wildman–Crippen MR) is 119 cm³/mol. The van der Waals surface area contributed by atoms with Crippen molar-refractivity contribution in [2.24, 2.45) is 5.16 Å². The fourth-order valence-electron chi connectivity index (χ4n) is 3.63. The number of aromatic nitrogens is 1. The van der Waals surface area contributed by atoms with Gasteiger partial charge in [0.2, 0.25) is 11.7 Å². The molecule has 1 unspecified atom stereocenters. The van der Waals surface area contributed by atoms with Crippen LogP contribution in [0.25, 0.3) is 0 Å². The second kappa shape index (κ2) is 12.2. The number of hydrogen-bond acceptors (Lipinski definition) is 8. The summed E-state index contributed by atoms with van der Waals surface area (Å²) in [6.07, 6.45) is 5.57. The quantitative estimate of drug-likeness (QED) is 0.262. The molecule has 1 fully saturated rings. The molecule has 3 rings (SSSR count). The average Bonchev–Trinajstić information content (AvgIpc) is 2.79. The summed E-state index contributed by atoms with van der Waals surface area (Å²) < 4.78 is 11.3. The normalized spacial score (nSPS) is 16.6. The molecule has 0 amide bonds. The molecule has 2 N–H and O–H groups in total. The number of oxime groups is 1. The highest BCUT2D eigenvalue weighted by Crippen LogP contribution is 2.24. The first-order valence-electron chi connectivity index (χ1n) is 9.96. The zero-order valence-corrected chi connectivity index (χ0v) is 18.3. The van der Waals surface area contributed by atoms with Crippen LogP contribution in [-0.4, -0.2) is 58.5 Å². The van der Waals surface area contributed by atoms with Crippen LogP contribution in [0.15, 0.2) is 41.7 Å². The van der Waals surface area contributed by atoms with Crippen molar-refractivity contribution in [2.75, 3.05) is 20.3 Å². The average molecular weight is 450 g/mol. The topological polar surface area (TPSA) is 104 Å². The summed E-state index contributed by atoms with van der Waals surface area (Å²) >= 11 is 0. The largest absolute Gasteiger partial charge is 0.496 e. The number of methoxy groups -OCH3 is 1. The first-order valence-corrected chi connectivity index (χ1v) is 9.96. The Balaban J connectivity index is 0.00000341. The number of aliphatic hydroxyl groups is 1. The van der Waals surface area contributed by atoms with Crippen molar-refractivity contribution in [1.82, 2.24) is 9.88 Å². The van der Waals surface area contributed by atoms with Crippen molar-refractivity contribution >= 4 is 24.4 Å². The number of ether oxygens (including phenoxy) is 2. The molecule has 0 radical (unpaired) electrons. The zero-order valence-electron chi connectivity index (χ0n) is 17.4. The predicted octanol–water partition coefficient (Wildman–Crippen LogP) is 3.08. The van der Waals surface area contributed by atoms with Gasteiger partial charge in [-0.2, -0.15) is 0 Å². The first-order chi connectivity index (χ1) is 14.6. The van der Waals surface area contributed by atoms with E-state index in [0.717, 1.165) is 49.7 Å². The van der Waals surface area contributed by atoms with Crippen LogP contribution in [0.5, 0.6) is 11.6 Å². The smallest absolute Gasteiger partial charge is 0.213 e. The number of aliphatic hydroxyl groups excluding tert-OH is 1. The molecule has 1 aliphatic heterocycles. The van der Waals surface area contributed by atoms with Crippen molar-refractivity contribution in [3.05, 3.63) is 53.2 Å². The fourth-order valence-corrected chi connectivity index (χ4v) is 3.63. The number of piperidine rings is 1. The van der Waals surface area contributed by atoms with Crippen LogP contribution in [-0.2, 0) is 13.2 Å². The Morgan fingerprint density at radius 2 is 2.16 bits per heavy atom. The summed E-state index contributed by atoms with van der Waals surface area (Å²) in [6.45, 7) is 2.22. The zero-order chi connectivity index (χ0) is 21.3. The van der Waals surface area contributed by atoms with Gasteiger partial charge >= 0.3 is 0 Å². The molecule has 0 spiro atoms. The lowest BCUT2D eigenvalue weighted by molar-refractivity contribution is 0.0913. The minimum atomic E-state index is -0.419. The van der Waals surface area contributed by atoms with Crippen molar-refractivity contribution < 1.29 is 24.6 Å². The van der Waals surface area contributed by atoms with Gasteiger partial charge in [-0.15, -0.1) is 12.4 Å². The summed E-state index contributed by atoms with van der Waals surface area (Å²) in [5, 5.41) is 20.6. The van der Waals surface area contributed by atoms with E-state index in [1.54, 1.807) is 19.2 Å². The SMILES string of the molecule is COc1cc(CN2CCCCC2COc2ccc(C(=O)/C=N/O)cn2)ccc1CO.Cl. The Morgan fingerprint density at radius 1 is 1.32 bits per heavy atom. The Kier molecular flexibility index (Phi) is 9.71. The number of carbonyl (C=O) groups excluding carboxylic acids is 1. The second-order valence-corrected chi connectivity index (χ2v) is 7.23. The third kappa shape index (κ3) is 6.65. The molecule has 1 aromatic carbocycles. The van der Waals surface area contributed by atoms with Crippen molar-refractivity contribution in [3.8, 4) is 11.6 Å². The monoisotopic (exact) mass is 449 g/mol. The van der Waals surface area contributed by atoms with E-state index in [1.807, 2.05) is 18.2 Å². The fraction of sp³-hybridized carbons (Fsp3) is 0.409. The highest BCUT2D eigenvalue weighted by atomic mass is 35.5. The molecule has 31 heavy (non-hydrogen) atoms. The highest BCUT2D eigenvalue weighted by Gasteiger charge is 2.23. The third-order valence-electron chi connectivity index (χ3n) is 5.28. The number of pyridine rings is 1. The lowest BCUT2D eigenvalue weighted by Gasteiger charge is -2.35. The summed E-state index contributed by atoms with van der Waals surface area (Å²) in [7, 11) is 1.61. The molecule has 1 aliphatic rings. The number of hydrogen-bond donors (Lipinski definition) is 2. The van der Waals surface area contributed by atoms with Gasteiger partial charge in [-0.3, -0.25) is 9.69 Å². The van der Waals surface area contributed by atoms with Gasteiger partial charge in [0.05, 0.1) is 13.7 Å². The molecule has 1 atom stereocenters. The molecule has 8 nitrogen and oxygen atoms in total. The molecule has 9 heteroatoms. The van der Waals surface area contributed by atoms with Crippen molar-refractivity contribution in [1.29, 1.82) is 0 Å². The Hall–Kier alpha value is -2.68. The Bertz CT molecular complexity index is 876. The molecule has 0 aliphatic carbocycles. The number of halogens is 1. The van der Waals surface area contributed by atoms with E-state index in [2.05, 4.69) is 15.0 Å². The van der Waals surface area contributed by atoms with Crippen LogP contribution in [0.4, 0.5) is 0 Å². The molecule has 2 heterocycles. The highest BCUT2D eigenvalue weighted by molar-refractivity contribution is 6.35. The summed E-state index contributed by atoms with van der Waals surface area (Å²) in [6, 6.07) is 9.40. The van der Waals surface area contributed by atoms with Gasteiger partial charge in [0.25, 0.3) is 0 Å². The van der Waals surface area contributed by atoms with E-state index in [-0.39, 0.29) is 25.1 Å². The van der Waals surface area contributed by atoms with Crippen LogP contribution in [0, 0.1) is 0 Å². The van der Waals surface area contributed by atoms with E-state index in [4.69, 9.17) is 14.7 Å². The third-order valence-corrected chi connectivity index (χ3v) is 5.28. The molecule has 168 valence electrons. The number of benzene rings is 1. The van der Waals surface area contributed by atoms with E-state index in [1.165, 1.54) is 6.20 Å².